The fraction of sp³-hybridized carbons (Fsp3) is 0.222. The number of para-hydroxylation sites is 1. The van der Waals surface area contributed by atoms with Gasteiger partial charge in [0.2, 0.25) is 0 Å². The minimum Gasteiger partial charge on any atom is -0.490 e. The summed E-state index contributed by atoms with van der Waals surface area (Å²) in [5, 5.41) is 0.774. The first kappa shape index (κ1) is 19.9. The number of hydrogen-bond donors (Lipinski definition) is 0. The molecule has 0 amide bonds. The lowest BCUT2D eigenvalue weighted by Gasteiger charge is -2.12. The maximum atomic E-state index is 11.7. The number of halogens is 2. The fourth-order valence-corrected chi connectivity index (χ4v) is 2.58. The van der Waals surface area contributed by atoms with Crippen molar-refractivity contribution in [3.63, 3.8) is 0 Å². The van der Waals surface area contributed by atoms with Crippen LogP contribution in [0.1, 0.15) is 20.7 Å². The number of carbonyl (C=O) groups is 2. The van der Waals surface area contributed by atoms with Crippen LogP contribution in [0.4, 0.5) is 0 Å². The van der Waals surface area contributed by atoms with Gasteiger partial charge in [0.15, 0.2) is 5.75 Å². The second-order valence-electron chi connectivity index (χ2n) is 4.98. The minimum absolute atomic E-state index is 0.132. The number of ether oxygens (including phenoxy) is 4. The third-order valence-corrected chi connectivity index (χ3v) is 3.86. The van der Waals surface area contributed by atoms with E-state index >= 15 is 0 Å². The maximum absolute atomic E-state index is 11.7. The number of hydrogen-bond acceptors (Lipinski definition) is 6. The molecule has 0 saturated carbocycles. The lowest BCUT2D eigenvalue weighted by atomic mass is 10.1. The van der Waals surface area contributed by atoms with Crippen molar-refractivity contribution < 1.29 is 28.5 Å². The molecule has 2 aromatic carbocycles. The summed E-state index contributed by atoms with van der Waals surface area (Å²) in [7, 11) is 2.49. The fourth-order valence-electron chi connectivity index (χ4n) is 2.08. The molecule has 0 bridgehead atoms. The Morgan fingerprint density at radius 2 is 1.35 bits per heavy atom. The van der Waals surface area contributed by atoms with Crippen molar-refractivity contribution in [3.05, 3.63) is 57.6 Å². The second kappa shape index (κ2) is 9.31. The summed E-state index contributed by atoms with van der Waals surface area (Å²) >= 11 is 12.0. The van der Waals surface area contributed by atoms with Crippen molar-refractivity contribution in [2.75, 3.05) is 27.4 Å². The van der Waals surface area contributed by atoms with Crippen LogP contribution in [-0.4, -0.2) is 39.4 Å². The molecule has 6 nitrogen and oxygen atoms in total. The Balaban J connectivity index is 2.06. The van der Waals surface area contributed by atoms with Gasteiger partial charge in [-0.2, -0.15) is 0 Å². The number of benzene rings is 2. The van der Waals surface area contributed by atoms with Crippen LogP contribution < -0.4 is 9.47 Å². The zero-order valence-corrected chi connectivity index (χ0v) is 15.6. The first-order valence-electron chi connectivity index (χ1n) is 7.47. The normalized spacial score (nSPS) is 10.2. The first-order chi connectivity index (χ1) is 12.5. The summed E-state index contributed by atoms with van der Waals surface area (Å²) in [6.07, 6.45) is 0. The van der Waals surface area contributed by atoms with Gasteiger partial charge in [-0.25, -0.2) is 9.59 Å². The summed E-state index contributed by atoms with van der Waals surface area (Å²) in [5.41, 5.74) is 0.334. The van der Waals surface area contributed by atoms with Gasteiger partial charge in [-0.05, 0) is 30.3 Å². The SMILES string of the molecule is COC(=O)c1cc(OCCOc2c(Cl)cccc2Cl)cc(C(=O)OC)c1. The molecule has 0 unspecified atom stereocenters. The average molecular weight is 399 g/mol. The molecule has 0 atom stereocenters. The van der Waals surface area contributed by atoms with Crippen LogP contribution in [0, 0.1) is 0 Å². The van der Waals surface area contributed by atoms with E-state index in [1.165, 1.54) is 32.4 Å². The third kappa shape index (κ3) is 5.03. The highest BCUT2D eigenvalue weighted by atomic mass is 35.5. The molecule has 2 rings (SSSR count). The molecule has 0 N–H and O–H groups in total. The van der Waals surface area contributed by atoms with Crippen LogP contribution in [-0.2, 0) is 9.47 Å². The van der Waals surface area contributed by atoms with Gasteiger partial charge in [-0.1, -0.05) is 29.3 Å². The largest absolute Gasteiger partial charge is 0.490 e. The van der Waals surface area contributed by atoms with E-state index in [0.717, 1.165) is 0 Å². The van der Waals surface area contributed by atoms with Crippen LogP contribution >= 0.6 is 23.2 Å². The standard InChI is InChI=1S/C18H16Cl2O6/c1-23-17(21)11-8-12(18(22)24-2)10-13(9-11)25-6-7-26-16-14(19)4-3-5-15(16)20/h3-5,8-10H,6-7H2,1-2H3. The Bertz CT molecular complexity index is 752. The molecule has 0 spiro atoms. The van der Waals surface area contributed by atoms with E-state index in [1.54, 1.807) is 18.2 Å². The lowest BCUT2D eigenvalue weighted by molar-refractivity contribution is 0.0598. The van der Waals surface area contributed by atoms with Crippen LogP contribution in [0.3, 0.4) is 0 Å². The maximum Gasteiger partial charge on any atom is 0.338 e. The number of esters is 2. The van der Waals surface area contributed by atoms with Crippen LogP contribution in [0.15, 0.2) is 36.4 Å². The Labute approximate surface area is 160 Å². The van der Waals surface area contributed by atoms with E-state index in [0.29, 0.717) is 21.5 Å². The quantitative estimate of drug-likeness (QED) is 0.517. The summed E-state index contributed by atoms with van der Waals surface area (Å²) in [6, 6.07) is 9.31. The molecular formula is C18H16Cl2O6. The number of rotatable bonds is 7. The van der Waals surface area contributed by atoms with Gasteiger partial charge in [-0.15, -0.1) is 0 Å². The zero-order valence-electron chi connectivity index (χ0n) is 14.1. The van der Waals surface area contributed by atoms with Crippen LogP contribution in [0.5, 0.6) is 11.5 Å². The molecule has 0 saturated heterocycles. The van der Waals surface area contributed by atoms with E-state index in [-0.39, 0.29) is 24.3 Å². The highest BCUT2D eigenvalue weighted by Gasteiger charge is 2.14. The van der Waals surface area contributed by atoms with Gasteiger partial charge >= 0.3 is 11.9 Å². The predicted molar refractivity (Wildman–Crippen MR) is 96.6 cm³/mol. The Hall–Kier alpha value is -2.44. The molecule has 2 aromatic rings. The summed E-state index contributed by atoms with van der Waals surface area (Å²) < 4.78 is 20.4. The Kier molecular flexibility index (Phi) is 7.12. The Morgan fingerprint density at radius 1 is 0.846 bits per heavy atom. The highest BCUT2D eigenvalue weighted by Crippen LogP contribution is 2.32. The van der Waals surface area contributed by atoms with E-state index in [1.807, 2.05) is 0 Å². The summed E-state index contributed by atoms with van der Waals surface area (Å²) in [4.78, 5) is 23.5. The molecule has 138 valence electrons. The first-order valence-corrected chi connectivity index (χ1v) is 8.23. The van der Waals surface area contributed by atoms with Crippen molar-refractivity contribution in [1.29, 1.82) is 0 Å². The molecule has 26 heavy (non-hydrogen) atoms. The predicted octanol–water partition coefficient (Wildman–Crippen LogP) is 4.02. The van der Waals surface area contributed by atoms with Crippen molar-refractivity contribution in [3.8, 4) is 11.5 Å². The van der Waals surface area contributed by atoms with Crippen LogP contribution in [0.25, 0.3) is 0 Å². The number of carbonyl (C=O) groups excluding carboxylic acids is 2. The molecule has 0 radical (unpaired) electrons. The number of methoxy groups -OCH3 is 2. The van der Waals surface area contributed by atoms with E-state index in [9.17, 15) is 9.59 Å². The van der Waals surface area contributed by atoms with E-state index < -0.39 is 11.9 Å². The molecule has 0 heterocycles. The van der Waals surface area contributed by atoms with Crippen molar-refractivity contribution in [2.45, 2.75) is 0 Å². The van der Waals surface area contributed by atoms with E-state index in [2.05, 4.69) is 9.47 Å². The van der Waals surface area contributed by atoms with Gasteiger partial charge in [-0.3, -0.25) is 0 Å². The summed E-state index contributed by atoms with van der Waals surface area (Å²) in [6.45, 7) is 0.284. The van der Waals surface area contributed by atoms with Gasteiger partial charge in [0.25, 0.3) is 0 Å². The average Bonchev–Trinajstić information content (AvgIpc) is 2.65. The smallest absolute Gasteiger partial charge is 0.338 e. The second-order valence-corrected chi connectivity index (χ2v) is 5.79. The molecule has 0 aromatic heterocycles. The molecule has 0 aliphatic rings. The molecular weight excluding hydrogens is 383 g/mol. The zero-order chi connectivity index (χ0) is 19.1. The molecule has 0 aliphatic heterocycles. The third-order valence-electron chi connectivity index (χ3n) is 3.27. The monoisotopic (exact) mass is 398 g/mol. The van der Waals surface area contributed by atoms with Crippen molar-refractivity contribution in [2.24, 2.45) is 0 Å². The van der Waals surface area contributed by atoms with E-state index in [4.69, 9.17) is 32.7 Å². The molecule has 8 heteroatoms. The van der Waals surface area contributed by atoms with Gasteiger partial charge in [0.05, 0.1) is 35.4 Å². The van der Waals surface area contributed by atoms with Gasteiger partial charge < -0.3 is 18.9 Å². The Morgan fingerprint density at radius 3 is 1.85 bits per heavy atom. The lowest BCUT2D eigenvalue weighted by Crippen LogP contribution is -2.11. The van der Waals surface area contributed by atoms with Crippen molar-refractivity contribution in [1.82, 2.24) is 0 Å². The topological polar surface area (TPSA) is 71.1 Å². The molecule has 0 aliphatic carbocycles. The highest BCUT2D eigenvalue weighted by molar-refractivity contribution is 6.37. The summed E-state index contributed by atoms with van der Waals surface area (Å²) in [5.74, 6) is -0.542. The van der Waals surface area contributed by atoms with Crippen molar-refractivity contribution >= 4 is 35.1 Å². The molecule has 0 fully saturated rings. The van der Waals surface area contributed by atoms with Crippen LogP contribution in [0.2, 0.25) is 10.0 Å². The van der Waals surface area contributed by atoms with Gasteiger partial charge in [0.1, 0.15) is 19.0 Å². The minimum atomic E-state index is -0.597. The van der Waals surface area contributed by atoms with Gasteiger partial charge in [0, 0.05) is 0 Å².